The standard InChI is InChI=1S/C13H12N4O/c1-9-12(15-2)16-8-17-13(9)18-11-6-4-3-5-10(11)7-14/h3-6,8H,1-2H3,(H,15,16,17). The number of para-hydroxylation sites is 1. The Morgan fingerprint density at radius 1 is 1.28 bits per heavy atom. The van der Waals surface area contributed by atoms with Crippen molar-refractivity contribution >= 4 is 5.82 Å². The van der Waals surface area contributed by atoms with E-state index in [0.29, 0.717) is 23.0 Å². The molecule has 2 aromatic rings. The highest BCUT2D eigenvalue weighted by Gasteiger charge is 2.10. The Labute approximate surface area is 105 Å². The van der Waals surface area contributed by atoms with E-state index in [9.17, 15) is 0 Å². The third-order valence-electron chi connectivity index (χ3n) is 2.49. The van der Waals surface area contributed by atoms with Crippen molar-refractivity contribution in [3.63, 3.8) is 0 Å². The molecule has 0 radical (unpaired) electrons. The highest BCUT2D eigenvalue weighted by Crippen LogP contribution is 2.27. The van der Waals surface area contributed by atoms with Crippen LogP contribution in [-0.4, -0.2) is 17.0 Å². The van der Waals surface area contributed by atoms with Gasteiger partial charge in [0.1, 0.15) is 24.0 Å². The fraction of sp³-hybridized carbons (Fsp3) is 0.154. The van der Waals surface area contributed by atoms with Crippen molar-refractivity contribution in [1.82, 2.24) is 9.97 Å². The molecule has 0 amide bonds. The molecule has 1 aromatic heterocycles. The summed E-state index contributed by atoms with van der Waals surface area (Å²) in [5, 5.41) is 11.9. The molecule has 0 aliphatic carbocycles. The number of nitriles is 1. The van der Waals surface area contributed by atoms with Gasteiger partial charge in [0.05, 0.1) is 11.1 Å². The molecule has 2 rings (SSSR count). The zero-order valence-corrected chi connectivity index (χ0v) is 10.1. The summed E-state index contributed by atoms with van der Waals surface area (Å²) in [6.45, 7) is 1.86. The van der Waals surface area contributed by atoms with E-state index in [1.54, 1.807) is 25.2 Å². The largest absolute Gasteiger partial charge is 0.437 e. The second-order valence-electron chi connectivity index (χ2n) is 3.61. The maximum Gasteiger partial charge on any atom is 0.227 e. The molecule has 5 nitrogen and oxygen atoms in total. The average molecular weight is 240 g/mol. The number of hydrogen-bond donors (Lipinski definition) is 1. The Balaban J connectivity index is 2.38. The molecule has 1 heterocycles. The van der Waals surface area contributed by atoms with Gasteiger partial charge in [-0.05, 0) is 19.1 Å². The molecule has 1 N–H and O–H groups in total. The lowest BCUT2D eigenvalue weighted by Crippen LogP contribution is -2.00. The molecule has 18 heavy (non-hydrogen) atoms. The van der Waals surface area contributed by atoms with Crippen LogP contribution in [0.5, 0.6) is 11.6 Å². The molecular formula is C13H12N4O. The third kappa shape index (κ3) is 2.23. The van der Waals surface area contributed by atoms with E-state index in [-0.39, 0.29) is 0 Å². The van der Waals surface area contributed by atoms with E-state index >= 15 is 0 Å². The normalized spacial score (nSPS) is 9.61. The van der Waals surface area contributed by atoms with Crippen molar-refractivity contribution in [3.05, 3.63) is 41.7 Å². The maximum atomic E-state index is 8.99. The van der Waals surface area contributed by atoms with E-state index in [1.807, 2.05) is 13.0 Å². The first-order chi connectivity index (χ1) is 8.76. The van der Waals surface area contributed by atoms with E-state index in [4.69, 9.17) is 10.00 Å². The van der Waals surface area contributed by atoms with Crippen LogP contribution in [0.15, 0.2) is 30.6 Å². The smallest absolute Gasteiger partial charge is 0.227 e. The molecule has 0 spiro atoms. The molecule has 1 aromatic carbocycles. The monoisotopic (exact) mass is 240 g/mol. The number of nitrogens with one attached hydrogen (secondary N) is 1. The van der Waals surface area contributed by atoms with Gasteiger partial charge in [0.2, 0.25) is 5.88 Å². The van der Waals surface area contributed by atoms with Gasteiger partial charge in [0, 0.05) is 7.05 Å². The molecule has 0 aliphatic heterocycles. The minimum absolute atomic E-state index is 0.442. The van der Waals surface area contributed by atoms with Crippen LogP contribution in [0, 0.1) is 18.3 Å². The van der Waals surface area contributed by atoms with Crippen molar-refractivity contribution in [2.75, 3.05) is 12.4 Å². The first kappa shape index (κ1) is 11.9. The summed E-state index contributed by atoms with van der Waals surface area (Å²) in [6, 6.07) is 9.11. The lowest BCUT2D eigenvalue weighted by Gasteiger charge is -2.10. The number of nitrogens with zero attached hydrogens (tertiary/aromatic N) is 3. The van der Waals surface area contributed by atoms with Crippen molar-refractivity contribution in [1.29, 1.82) is 5.26 Å². The average Bonchev–Trinajstić information content (AvgIpc) is 2.42. The van der Waals surface area contributed by atoms with Crippen LogP contribution in [0.3, 0.4) is 0 Å². The molecule has 0 atom stereocenters. The molecule has 0 saturated heterocycles. The van der Waals surface area contributed by atoms with Crippen LogP contribution in [0.1, 0.15) is 11.1 Å². The molecule has 90 valence electrons. The van der Waals surface area contributed by atoms with Crippen LogP contribution in [0.4, 0.5) is 5.82 Å². The van der Waals surface area contributed by atoms with Crippen molar-refractivity contribution < 1.29 is 4.74 Å². The van der Waals surface area contributed by atoms with Crippen molar-refractivity contribution in [3.8, 4) is 17.7 Å². The zero-order valence-electron chi connectivity index (χ0n) is 10.1. The lowest BCUT2D eigenvalue weighted by atomic mass is 10.2. The number of hydrogen-bond acceptors (Lipinski definition) is 5. The molecule has 0 fully saturated rings. The second kappa shape index (κ2) is 5.15. The molecule has 0 bridgehead atoms. The minimum Gasteiger partial charge on any atom is -0.437 e. The molecular weight excluding hydrogens is 228 g/mol. The van der Waals surface area contributed by atoms with E-state index in [0.717, 1.165) is 5.56 Å². The number of benzene rings is 1. The SMILES string of the molecule is CNc1ncnc(Oc2ccccc2C#N)c1C. The number of aromatic nitrogens is 2. The molecule has 0 saturated carbocycles. The fourth-order valence-corrected chi connectivity index (χ4v) is 1.54. The van der Waals surface area contributed by atoms with E-state index in [1.165, 1.54) is 6.33 Å². The first-order valence-corrected chi connectivity index (χ1v) is 5.42. The van der Waals surface area contributed by atoms with Gasteiger partial charge in [-0.3, -0.25) is 0 Å². The minimum atomic E-state index is 0.442. The summed E-state index contributed by atoms with van der Waals surface area (Å²) >= 11 is 0. The lowest BCUT2D eigenvalue weighted by molar-refractivity contribution is 0.456. The Bertz CT molecular complexity index is 604. The summed E-state index contributed by atoms with van der Waals surface area (Å²) in [6.07, 6.45) is 1.42. The Kier molecular flexibility index (Phi) is 3.39. The number of anilines is 1. The predicted octanol–water partition coefficient (Wildman–Crippen LogP) is 2.49. The van der Waals surface area contributed by atoms with Gasteiger partial charge < -0.3 is 10.1 Å². The Hall–Kier alpha value is -2.61. The molecule has 5 heteroatoms. The quantitative estimate of drug-likeness (QED) is 0.892. The Morgan fingerprint density at radius 2 is 2.06 bits per heavy atom. The number of ether oxygens (including phenoxy) is 1. The maximum absolute atomic E-state index is 8.99. The van der Waals surface area contributed by atoms with E-state index in [2.05, 4.69) is 21.4 Å². The zero-order chi connectivity index (χ0) is 13.0. The predicted molar refractivity (Wildman–Crippen MR) is 67.5 cm³/mol. The van der Waals surface area contributed by atoms with Crippen LogP contribution in [-0.2, 0) is 0 Å². The first-order valence-electron chi connectivity index (χ1n) is 5.42. The summed E-state index contributed by atoms with van der Waals surface area (Å²) in [5.41, 5.74) is 1.27. The highest BCUT2D eigenvalue weighted by atomic mass is 16.5. The van der Waals surface area contributed by atoms with Gasteiger partial charge in [-0.15, -0.1) is 0 Å². The Morgan fingerprint density at radius 3 is 2.78 bits per heavy atom. The summed E-state index contributed by atoms with van der Waals surface area (Å²) in [7, 11) is 1.78. The van der Waals surface area contributed by atoms with Gasteiger partial charge in [-0.25, -0.2) is 9.97 Å². The molecule has 0 unspecified atom stereocenters. The van der Waals surface area contributed by atoms with Crippen molar-refractivity contribution in [2.45, 2.75) is 6.92 Å². The van der Waals surface area contributed by atoms with Crippen molar-refractivity contribution in [2.24, 2.45) is 0 Å². The van der Waals surface area contributed by atoms with Crippen LogP contribution >= 0.6 is 0 Å². The molecule has 0 aliphatic rings. The van der Waals surface area contributed by atoms with Gasteiger partial charge in [0.25, 0.3) is 0 Å². The van der Waals surface area contributed by atoms with Crippen LogP contribution in [0.2, 0.25) is 0 Å². The third-order valence-corrected chi connectivity index (χ3v) is 2.49. The van der Waals surface area contributed by atoms with Gasteiger partial charge >= 0.3 is 0 Å². The summed E-state index contributed by atoms with van der Waals surface area (Å²) in [5.74, 6) is 1.63. The number of rotatable bonds is 3. The summed E-state index contributed by atoms with van der Waals surface area (Å²) in [4.78, 5) is 8.15. The van der Waals surface area contributed by atoms with Gasteiger partial charge in [0.15, 0.2) is 0 Å². The summed E-state index contributed by atoms with van der Waals surface area (Å²) < 4.78 is 5.66. The topological polar surface area (TPSA) is 70.8 Å². The second-order valence-corrected chi connectivity index (χ2v) is 3.61. The van der Waals surface area contributed by atoms with Gasteiger partial charge in [-0.2, -0.15) is 5.26 Å². The van der Waals surface area contributed by atoms with Gasteiger partial charge in [-0.1, -0.05) is 12.1 Å². The van der Waals surface area contributed by atoms with E-state index < -0.39 is 0 Å². The fourth-order valence-electron chi connectivity index (χ4n) is 1.54. The van der Waals surface area contributed by atoms with Crippen LogP contribution in [0.25, 0.3) is 0 Å². The van der Waals surface area contributed by atoms with Crippen LogP contribution < -0.4 is 10.1 Å². The highest BCUT2D eigenvalue weighted by molar-refractivity contribution is 5.50.